The van der Waals surface area contributed by atoms with Gasteiger partial charge in [0.25, 0.3) is 0 Å². The summed E-state index contributed by atoms with van der Waals surface area (Å²) < 4.78 is 20.9. The van der Waals surface area contributed by atoms with E-state index in [1.54, 1.807) is 21.3 Å². The summed E-state index contributed by atoms with van der Waals surface area (Å²) >= 11 is 0. The van der Waals surface area contributed by atoms with E-state index in [2.05, 4.69) is 5.32 Å². The fourth-order valence-electron chi connectivity index (χ4n) is 1.52. The highest BCUT2D eigenvalue weighted by molar-refractivity contribution is 5.54. The molecule has 0 saturated carbocycles. The summed E-state index contributed by atoms with van der Waals surface area (Å²) in [5, 5.41) is 3.21. The Labute approximate surface area is 108 Å². The first-order valence-electron chi connectivity index (χ1n) is 5.85. The number of hydrogen-bond donors (Lipinski definition) is 1. The zero-order chi connectivity index (χ0) is 13.4. The molecule has 0 heterocycles. The van der Waals surface area contributed by atoms with Gasteiger partial charge in [-0.1, -0.05) is 0 Å². The topological polar surface area (TPSA) is 49.0 Å². The molecule has 0 amide bonds. The lowest BCUT2D eigenvalue weighted by Gasteiger charge is -2.16. The molecule has 0 aliphatic heterocycles. The van der Waals surface area contributed by atoms with Gasteiger partial charge >= 0.3 is 0 Å². The number of methoxy groups -OCH3 is 3. The van der Waals surface area contributed by atoms with E-state index in [-0.39, 0.29) is 6.29 Å². The van der Waals surface area contributed by atoms with Crippen LogP contribution in [0, 0.1) is 0 Å². The van der Waals surface area contributed by atoms with E-state index < -0.39 is 0 Å². The summed E-state index contributed by atoms with van der Waals surface area (Å²) in [6.45, 7) is 3.11. The molecule has 0 atom stereocenters. The van der Waals surface area contributed by atoms with E-state index >= 15 is 0 Å². The Morgan fingerprint density at radius 1 is 1.11 bits per heavy atom. The molecule has 0 spiro atoms. The molecule has 0 saturated heterocycles. The first-order valence-corrected chi connectivity index (χ1v) is 5.85. The highest BCUT2D eigenvalue weighted by Gasteiger charge is 2.07. The second kappa shape index (κ2) is 7.79. The van der Waals surface area contributed by atoms with Gasteiger partial charge in [0.1, 0.15) is 0 Å². The molecule has 0 aliphatic rings. The molecule has 5 heteroatoms. The van der Waals surface area contributed by atoms with Crippen molar-refractivity contribution in [3.8, 4) is 11.5 Å². The first kappa shape index (κ1) is 14.6. The van der Waals surface area contributed by atoms with Gasteiger partial charge in [-0.3, -0.25) is 0 Å². The molecule has 1 N–H and O–H groups in total. The SMILES string of the molecule is CCOc1ccc(NCC(OC)OC)cc1OC. The third kappa shape index (κ3) is 4.09. The summed E-state index contributed by atoms with van der Waals surface area (Å²) in [6.07, 6.45) is -0.275. The maximum Gasteiger partial charge on any atom is 0.173 e. The van der Waals surface area contributed by atoms with Crippen molar-refractivity contribution >= 4 is 5.69 Å². The van der Waals surface area contributed by atoms with Crippen LogP contribution in [0.3, 0.4) is 0 Å². The van der Waals surface area contributed by atoms with Gasteiger partial charge in [-0.15, -0.1) is 0 Å². The standard InChI is InChI=1S/C13H21NO4/c1-5-18-11-7-6-10(8-12(11)15-2)14-9-13(16-3)17-4/h6-8,13-14H,5,9H2,1-4H3. The summed E-state index contributed by atoms with van der Waals surface area (Å²) in [5.41, 5.74) is 0.925. The molecule has 18 heavy (non-hydrogen) atoms. The van der Waals surface area contributed by atoms with Gasteiger partial charge in [0, 0.05) is 26.0 Å². The largest absolute Gasteiger partial charge is 0.493 e. The van der Waals surface area contributed by atoms with Crippen molar-refractivity contribution in [2.45, 2.75) is 13.2 Å². The fraction of sp³-hybridized carbons (Fsp3) is 0.538. The van der Waals surface area contributed by atoms with Crippen LogP contribution < -0.4 is 14.8 Å². The zero-order valence-corrected chi connectivity index (χ0v) is 11.4. The van der Waals surface area contributed by atoms with Crippen molar-refractivity contribution in [3.63, 3.8) is 0 Å². The van der Waals surface area contributed by atoms with E-state index in [1.807, 2.05) is 25.1 Å². The summed E-state index contributed by atoms with van der Waals surface area (Å²) in [4.78, 5) is 0. The quantitative estimate of drug-likeness (QED) is 0.721. The highest BCUT2D eigenvalue weighted by atomic mass is 16.7. The summed E-state index contributed by atoms with van der Waals surface area (Å²) in [6, 6.07) is 5.68. The summed E-state index contributed by atoms with van der Waals surface area (Å²) in [7, 11) is 4.83. The molecule has 0 unspecified atom stereocenters. The van der Waals surface area contributed by atoms with Gasteiger partial charge < -0.3 is 24.3 Å². The zero-order valence-electron chi connectivity index (χ0n) is 11.4. The Bertz CT molecular complexity index is 353. The van der Waals surface area contributed by atoms with Gasteiger partial charge in [0.2, 0.25) is 0 Å². The minimum absolute atomic E-state index is 0.275. The third-order valence-corrected chi connectivity index (χ3v) is 2.46. The van der Waals surface area contributed by atoms with Crippen molar-refractivity contribution in [2.24, 2.45) is 0 Å². The van der Waals surface area contributed by atoms with E-state index in [1.165, 1.54) is 0 Å². The molecular formula is C13H21NO4. The Hall–Kier alpha value is -1.46. The van der Waals surface area contributed by atoms with Crippen LogP contribution in [0.2, 0.25) is 0 Å². The summed E-state index contributed by atoms with van der Waals surface area (Å²) in [5.74, 6) is 1.44. The number of benzene rings is 1. The molecule has 0 fully saturated rings. The molecule has 0 aromatic heterocycles. The van der Waals surface area contributed by atoms with Crippen LogP contribution >= 0.6 is 0 Å². The maximum absolute atomic E-state index is 5.45. The van der Waals surface area contributed by atoms with Gasteiger partial charge in [-0.05, 0) is 19.1 Å². The maximum atomic E-state index is 5.45. The van der Waals surface area contributed by atoms with Gasteiger partial charge in [0.15, 0.2) is 17.8 Å². The lowest BCUT2D eigenvalue weighted by molar-refractivity contribution is -0.0914. The lowest BCUT2D eigenvalue weighted by atomic mass is 10.2. The predicted molar refractivity (Wildman–Crippen MR) is 70.5 cm³/mol. The highest BCUT2D eigenvalue weighted by Crippen LogP contribution is 2.30. The third-order valence-electron chi connectivity index (χ3n) is 2.46. The van der Waals surface area contributed by atoms with Crippen LogP contribution in [-0.2, 0) is 9.47 Å². The van der Waals surface area contributed by atoms with E-state index in [0.717, 1.165) is 11.4 Å². The minimum Gasteiger partial charge on any atom is -0.493 e. The fourth-order valence-corrected chi connectivity index (χ4v) is 1.52. The van der Waals surface area contributed by atoms with E-state index in [9.17, 15) is 0 Å². The van der Waals surface area contributed by atoms with Crippen molar-refractivity contribution in [1.82, 2.24) is 0 Å². The minimum atomic E-state index is -0.275. The van der Waals surface area contributed by atoms with Crippen molar-refractivity contribution < 1.29 is 18.9 Å². The Balaban J connectivity index is 2.67. The number of hydrogen-bond acceptors (Lipinski definition) is 5. The molecule has 0 radical (unpaired) electrons. The predicted octanol–water partition coefficient (Wildman–Crippen LogP) is 2.12. The molecule has 0 aliphatic carbocycles. The normalized spacial score (nSPS) is 10.5. The average Bonchev–Trinajstić information content (AvgIpc) is 2.41. The average molecular weight is 255 g/mol. The van der Waals surface area contributed by atoms with Crippen LogP contribution in [0.25, 0.3) is 0 Å². The van der Waals surface area contributed by atoms with E-state index in [0.29, 0.717) is 18.9 Å². The van der Waals surface area contributed by atoms with Crippen LogP contribution in [0.1, 0.15) is 6.92 Å². The Morgan fingerprint density at radius 3 is 2.39 bits per heavy atom. The first-order chi connectivity index (χ1) is 8.74. The molecule has 1 rings (SSSR count). The monoisotopic (exact) mass is 255 g/mol. The van der Waals surface area contributed by atoms with Crippen LogP contribution in [-0.4, -0.2) is 40.8 Å². The van der Waals surface area contributed by atoms with Crippen LogP contribution in [0.5, 0.6) is 11.5 Å². The molecule has 102 valence electrons. The number of ether oxygens (including phenoxy) is 4. The molecule has 0 bridgehead atoms. The van der Waals surface area contributed by atoms with Crippen molar-refractivity contribution in [1.29, 1.82) is 0 Å². The lowest BCUT2D eigenvalue weighted by Crippen LogP contribution is -2.23. The van der Waals surface area contributed by atoms with Crippen molar-refractivity contribution in [2.75, 3.05) is 39.8 Å². The second-order valence-corrected chi connectivity index (χ2v) is 3.58. The second-order valence-electron chi connectivity index (χ2n) is 3.58. The molecular weight excluding hydrogens is 234 g/mol. The number of nitrogens with one attached hydrogen (secondary N) is 1. The van der Waals surface area contributed by atoms with Crippen molar-refractivity contribution in [3.05, 3.63) is 18.2 Å². The molecule has 1 aromatic carbocycles. The van der Waals surface area contributed by atoms with Gasteiger partial charge in [-0.25, -0.2) is 0 Å². The molecule has 1 aromatic rings. The Morgan fingerprint density at radius 2 is 1.83 bits per heavy atom. The number of anilines is 1. The van der Waals surface area contributed by atoms with E-state index in [4.69, 9.17) is 18.9 Å². The smallest absolute Gasteiger partial charge is 0.173 e. The van der Waals surface area contributed by atoms with Gasteiger partial charge in [0.05, 0.1) is 20.3 Å². The van der Waals surface area contributed by atoms with Crippen LogP contribution in [0.15, 0.2) is 18.2 Å². The number of rotatable bonds is 8. The molecule has 5 nitrogen and oxygen atoms in total. The van der Waals surface area contributed by atoms with Gasteiger partial charge in [-0.2, -0.15) is 0 Å². The Kier molecular flexibility index (Phi) is 6.32. The van der Waals surface area contributed by atoms with Crippen LogP contribution in [0.4, 0.5) is 5.69 Å².